The monoisotopic (exact) mass is 516 g/mol. The van der Waals surface area contributed by atoms with Gasteiger partial charge in [-0.1, -0.05) is 30.7 Å². The first-order chi connectivity index (χ1) is 18.6. The molecular weight excluding hydrogens is 476 g/mol. The number of ether oxygens (including phenoxy) is 3. The van der Waals surface area contributed by atoms with Crippen molar-refractivity contribution in [2.75, 3.05) is 47.5 Å². The second kappa shape index (κ2) is 12.1. The van der Waals surface area contributed by atoms with E-state index in [2.05, 4.69) is 40.1 Å². The number of methoxy groups -OCH3 is 3. The molecule has 2 aliphatic rings. The zero-order valence-corrected chi connectivity index (χ0v) is 23.0. The van der Waals surface area contributed by atoms with Gasteiger partial charge in [0.1, 0.15) is 5.75 Å². The molecule has 38 heavy (non-hydrogen) atoms. The maximum Gasteiger partial charge on any atom is 0.227 e. The van der Waals surface area contributed by atoms with Gasteiger partial charge in [-0.3, -0.25) is 9.69 Å². The van der Waals surface area contributed by atoms with Crippen LogP contribution in [-0.4, -0.2) is 69.3 Å². The molecule has 0 spiro atoms. The van der Waals surface area contributed by atoms with Crippen LogP contribution in [0.2, 0.25) is 0 Å². The van der Waals surface area contributed by atoms with E-state index >= 15 is 0 Å². The van der Waals surface area contributed by atoms with Crippen molar-refractivity contribution >= 4 is 16.7 Å². The number of amides is 1. The van der Waals surface area contributed by atoms with E-state index in [0.717, 1.165) is 62.5 Å². The van der Waals surface area contributed by atoms with Crippen LogP contribution in [-0.2, 0) is 24.1 Å². The molecule has 1 saturated heterocycles. The van der Waals surface area contributed by atoms with E-state index in [4.69, 9.17) is 14.2 Å². The Morgan fingerprint density at radius 1 is 0.816 bits per heavy atom. The van der Waals surface area contributed by atoms with E-state index in [1.807, 2.05) is 18.2 Å². The average molecular weight is 517 g/mol. The average Bonchev–Trinajstić information content (AvgIpc) is 3.11. The van der Waals surface area contributed by atoms with Gasteiger partial charge in [0.15, 0.2) is 11.5 Å². The van der Waals surface area contributed by atoms with Crippen molar-refractivity contribution < 1.29 is 19.0 Å². The molecule has 0 aliphatic carbocycles. The van der Waals surface area contributed by atoms with Crippen molar-refractivity contribution in [2.24, 2.45) is 0 Å². The van der Waals surface area contributed by atoms with Crippen molar-refractivity contribution in [3.05, 3.63) is 65.2 Å². The van der Waals surface area contributed by atoms with E-state index in [9.17, 15) is 4.79 Å². The summed E-state index contributed by atoms with van der Waals surface area (Å²) >= 11 is 0. The molecule has 5 rings (SSSR count). The van der Waals surface area contributed by atoms with Gasteiger partial charge in [0.2, 0.25) is 5.91 Å². The highest BCUT2D eigenvalue weighted by atomic mass is 16.5. The topological polar surface area (TPSA) is 51.2 Å². The van der Waals surface area contributed by atoms with Gasteiger partial charge >= 0.3 is 0 Å². The maximum absolute atomic E-state index is 13.2. The lowest BCUT2D eigenvalue weighted by Gasteiger charge is -2.37. The van der Waals surface area contributed by atoms with Crippen molar-refractivity contribution in [2.45, 2.75) is 51.0 Å². The van der Waals surface area contributed by atoms with E-state index in [-0.39, 0.29) is 5.91 Å². The van der Waals surface area contributed by atoms with Crippen LogP contribution in [0.15, 0.2) is 48.5 Å². The molecule has 1 atom stereocenters. The molecule has 2 aliphatic heterocycles. The summed E-state index contributed by atoms with van der Waals surface area (Å²) in [5, 5.41) is 2.47. The molecule has 0 bridgehead atoms. The smallest absolute Gasteiger partial charge is 0.227 e. The van der Waals surface area contributed by atoms with Gasteiger partial charge in [0, 0.05) is 25.7 Å². The molecule has 0 radical (unpaired) electrons. The molecule has 1 amide bonds. The summed E-state index contributed by atoms with van der Waals surface area (Å²) < 4.78 is 16.3. The van der Waals surface area contributed by atoms with Gasteiger partial charge in [0.05, 0.1) is 27.8 Å². The fraction of sp³-hybridized carbons (Fsp3) is 0.469. The minimum atomic E-state index is 0.214. The van der Waals surface area contributed by atoms with Crippen LogP contribution in [0.1, 0.15) is 42.4 Å². The second-order valence-electron chi connectivity index (χ2n) is 10.6. The van der Waals surface area contributed by atoms with Gasteiger partial charge in [0.25, 0.3) is 0 Å². The van der Waals surface area contributed by atoms with Crippen LogP contribution < -0.4 is 14.2 Å². The number of hydrogen-bond donors (Lipinski definition) is 0. The Kier molecular flexibility index (Phi) is 8.38. The highest BCUT2D eigenvalue weighted by Gasteiger charge is 2.26. The molecule has 3 aromatic rings. The number of carbonyl (C=O) groups excluding carboxylic acids is 1. The first-order valence-corrected chi connectivity index (χ1v) is 13.9. The number of carbonyl (C=O) groups is 1. The minimum absolute atomic E-state index is 0.214. The number of likely N-dealkylation sites (tertiary alicyclic amines) is 1. The molecule has 1 unspecified atom stereocenters. The molecule has 202 valence electrons. The Labute approximate surface area is 226 Å². The van der Waals surface area contributed by atoms with Crippen molar-refractivity contribution in [1.29, 1.82) is 0 Å². The molecule has 6 heteroatoms. The molecule has 0 N–H and O–H groups in total. The SMILES string of the molecule is COc1ccc2cc(CCN3CCCCC3CCN3CCc4cc(OC)c(OC)cc4CC3=O)ccc2c1. The number of nitrogens with zero attached hydrogens (tertiary/aromatic N) is 2. The highest BCUT2D eigenvalue weighted by molar-refractivity contribution is 5.84. The largest absolute Gasteiger partial charge is 0.497 e. The van der Waals surface area contributed by atoms with Gasteiger partial charge in [-0.15, -0.1) is 0 Å². The molecular formula is C32H40N2O4. The lowest BCUT2D eigenvalue weighted by molar-refractivity contribution is -0.130. The fourth-order valence-electron chi connectivity index (χ4n) is 6.07. The molecule has 0 saturated carbocycles. The van der Waals surface area contributed by atoms with Gasteiger partial charge in [-0.05, 0) is 90.4 Å². The Morgan fingerprint density at radius 2 is 1.58 bits per heavy atom. The zero-order chi connectivity index (χ0) is 26.5. The standard InChI is InChI=1S/C32H40N2O4/c1-36-29-10-9-24-18-23(7-8-25(24)19-29)11-15-33-14-5-4-6-28(33)13-17-34-16-12-26-20-30(37-2)31(38-3)21-27(26)22-32(34)35/h7-10,18-21,28H,4-6,11-17,22H2,1-3H3. The highest BCUT2D eigenvalue weighted by Crippen LogP contribution is 2.32. The quantitative estimate of drug-likeness (QED) is 0.387. The predicted molar refractivity (Wildman–Crippen MR) is 152 cm³/mol. The lowest BCUT2D eigenvalue weighted by atomic mass is 9.97. The molecule has 1 fully saturated rings. The Balaban J connectivity index is 1.19. The van der Waals surface area contributed by atoms with Crippen LogP contribution in [0.5, 0.6) is 17.2 Å². The first-order valence-electron chi connectivity index (χ1n) is 13.9. The number of benzene rings is 3. The minimum Gasteiger partial charge on any atom is -0.497 e. The Bertz CT molecular complexity index is 1270. The molecule has 0 aromatic heterocycles. The summed E-state index contributed by atoms with van der Waals surface area (Å²) in [6, 6.07) is 17.6. The van der Waals surface area contributed by atoms with E-state index in [1.54, 1.807) is 21.3 Å². The summed E-state index contributed by atoms with van der Waals surface area (Å²) in [5.41, 5.74) is 3.62. The van der Waals surface area contributed by atoms with Crippen molar-refractivity contribution in [3.63, 3.8) is 0 Å². The van der Waals surface area contributed by atoms with E-state index in [0.29, 0.717) is 18.2 Å². The molecule has 2 heterocycles. The number of piperidine rings is 1. The van der Waals surface area contributed by atoms with Crippen LogP contribution in [0.3, 0.4) is 0 Å². The van der Waals surface area contributed by atoms with E-state index in [1.165, 1.54) is 41.2 Å². The Hall–Kier alpha value is -3.25. The summed E-state index contributed by atoms with van der Waals surface area (Å²) in [5.74, 6) is 2.53. The first kappa shape index (κ1) is 26.4. The fourth-order valence-corrected chi connectivity index (χ4v) is 6.07. The number of hydrogen-bond acceptors (Lipinski definition) is 5. The normalized spacial score (nSPS) is 18.2. The zero-order valence-electron chi connectivity index (χ0n) is 23.0. The maximum atomic E-state index is 13.2. The summed E-state index contributed by atoms with van der Waals surface area (Å²) in [6.07, 6.45) is 7.11. The number of rotatable bonds is 9. The lowest BCUT2D eigenvalue weighted by Crippen LogP contribution is -2.43. The summed E-state index contributed by atoms with van der Waals surface area (Å²) in [4.78, 5) is 17.9. The van der Waals surface area contributed by atoms with Crippen LogP contribution >= 0.6 is 0 Å². The van der Waals surface area contributed by atoms with Crippen LogP contribution in [0, 0.1) is 0 Å². The summed E-state index contributed by atoms with van der Waals surface area (Å²) in [7, 11) is 5.01. The van der Waals surface area contributed by atoms with Crippen molar-refractivity contribution in [3.8, 4) is 17.2 Å². The molecule has 6 nitrogen and oxygen atoms in total. The third-order valence-electron chi connectivity index (χ3n) is 8.33. The second-order valence-corrected chi connectivity index (χ2v) is 10.6. The Morgan fingerprint density at radius 3 is 2.37 bits per heavy atom. The van der Waals surface area contributed by atoms with Gasteiger partial charge < -0.3 is 19.1 Å². The third-order valence-corrected chi connectivity index (χ3v) is 8.33. The third kappa shape index (κ3) is 5.91. The van der Waals surface area contributed by atoms with Gasteiger partial charge in [-0.25, -0.2) is 0 Å². The van der Waals surface area contributed by atoms with Crippen LogP contribution in [0.4, 0.5) is 0 Å². The number of fused-ring (bicyclic) bond motifs is 2. The summed E-state index contributed by atoms with van der Waals surface area (Å²) in [6.45, 7) is 3.79. The van der Waals surface area contributed by atoms with E-state index < -0.39 is 0 Å². The molecule has 3 aromatic carbocycles. The predicted octanol–water partition coefficient (Wildman–Crippen LogP) is 5.28. The van der Waals surface area contributed by atoms with Gasteiger partial charge in [-0.2, -0.15) is 0 Å². The van der Waals surface area contributed by atoms with Crippen molar-refractivity contribution in [1.82, 2.24) is 9.80 Å². The van der Waals surface area contributed by atoms with Crippen LogP contribution in [0.25, 0.3) is 10.8 Å².